The number of methoxy groups -OCH3 is 1. The summed E-state index contributed by atoms with van der Waals surface area (Å²) >= 11 is 0. The molecule has 0 radical (unpaired) electrons. The number of aromatic nitrogens is 2. The molecule has 1 aromatic carbocycles. The molecule has 156 valence electrons. The van der Waals surface area contributed by atoms with Gasteiger partial charge in [-0.2, -0.15) is 0 Å². The molecule has 2 amide bonds. The molecule has 2 N–H and O–H groups in total. The number of carbonyl (C=O) groups excluding carboxylic acids is 2. The molecule has 0 atom stereocenters. The van der Waals surface area contributed by atoms with Crippen LogP contribution in [0.5, 0.6) is 11.5 Å². The minimum Gasteiger partial charge on any atom is -0.493 e. The Labute approximate surface area is 170 Å². The van der Waals surface area contributed by atoms with Crippen LogP contribution >= 0.6 is 0 Å². The van der Waals surface area contributed by atoms with Gasteiger partial charge in [0.1, 0.15) is 0 Å². The second-order valence-corrected chi connectivity index (χ2v) is 6.98. The summed E-state index contributed by atoms with van der Waals surface area (Å²) in [6, 6.07) is 8.00. The highest BCUT2D eigenvalue weighted by atomic mass is 16.5. The third-order valence-corrected chi connectivity index (χ3v) is 4.01. The average Bonchev–Trinajstić information content (AvgIpc) is 2.71. The van der Waals surface area contributed by atoms with Gasteiger partial charge in [0, 0.05) is 19.7 Å². The highest BCUT2D eigenvalue weighted by Gasteiger charge is 2.14. The summed E-state index contributed by atoms with van der Waals surface area (Å²) in [7, 11) is 5.14. The van der Waals surface area contributed by atoms with Gasteiger partial charge >= 0.3 is 0 Å². The average molecular weight is 401 g/mol. The molecule has 1 heterocycles. The zero-order valence-corrected chi connectivity index (χ0v) is 17.4. The van der Waals surface area contributed by atoms with Gasteiger partial charge in [-0.25, -0.2) is 0 Å². The van der Waals surface area contributed by atoms with E-state index < -0.39 is 11.8 Å². The summed E-state index contributed by atoms with van der Waals surface area (Å²) in [6.45, 7) is 4.79. The number of amides is 2. The molecule has 9 heteroatoms. The quantitative estimate of drug-likeness (QED) is 0.652. The summed E-state index contributed by atoms with van der Waals surface area (Å²) < 4.78 is 11.0. The highest BCUT2D eigenvalue weighted by Crippen LogP contribution is 2.28. The van der Waals surface area contributed by atoms with E-state index in [9.17, 15) is 9.59 Å². The number of rotatable bonds is 8. The Morgan fingerprint density at radius 3 is 2.34 bits per heavy atom. The Morgan fingerprint density at radius 2 is 1.76 bits per heavy atom. The first-order valence-electron chi connectivity index (χ1n) is 9.24. The van der Waals surface area contributed by atoms with Crippen molar-refractivity contribution in [1.82, 2.24) is 21.0 Å². The smallest absolute Gasteiger partial charge is 0.290 e. The maximum atomic E-state index is 12.3. The normalized spacial score (nSPS) is 10.4. The van der Waals surface area contributed by atoms with Gasteiger partial charge in [0.2, 0.25) is 0 Å². The van der Waals surface area contributed by atoms with Crippen LogP contribution < -0.4 is 25.2 Å². The Hall–Kier alpha value is -3.36. The lowest BCUT2D eigenvalue weighted by Crippen LogP contribution is -2.42. The monoisotopic (exact) mass is 401 g/mol. The van der Waals surface area contributed by atoms with Gasteiger partial charge in [-0.15, -0.1) is 10.2 Å². The fourth-order valence-corrected chi connectivity index (χ4v) is 2.27. The minimum absolute atomic E-state index is 0.0855. The fourth-order valence-electron chi connectivity index (χ4n) is 2.27. The molecule has 0 aliphatic heterocycles. The molecule has 0 saturated carbocycles. The van der Waals surface area contributed by atoms with Crippen molar-refractivity contribution < 1.29 is 19.1 Å². The van der Waals surface area contributed by atoms with Gasteiger partial charge in [0.05, 0.1) is 13.7 Å². The third kappa shape index (κ3) is 6.34. The second-order valence-electron chi connectivity index (χ2n) is 6.98. The predicted molar refractivity (Wildman–Crippen MR) is 109 cm³/mol. The molecule has 2 aromatic rings. The molecule has 0 aliphatic rings. The Balaban J connectivity index is 1.96. The molecule has 2 rings (SSSR count). The van der Waals surface area contributed by atoms with Gasteiger partial charge in [0.15, 0.2) is 23.0 Å². The van der Waals surface area contributed by atoms with Crippen molar-refractivity contribution in [3.8, 4) is 11.5 Å². The summed E-state index contributed by atoms with van der Waals surface area (Å²) in [4.78, 5) is 26.2. The molecule has 29 heavy (non-hydrogen) atoms. The van der Waals surface area contributed by atoms with Gasteiger partial charge < -0.3 is 14.4 Å². The molecular formula is C20H27N5O4. The Morgan fingerprint density at radius 1 is 1.03 bits per heavy atom. The van der Waals surface area contributed by atoms with E-state index in [1.54, 1.807) is 29.2 Å². The van der Waals surface area contributed by atoms with E-state index in [0.29, 0.717) is 35.4 Å². The molecule has 0 bridgehead atoms. The van der Waals surface area contributed by atoms with Crippen LogP contribution in [0, 0.1) is 5.92 Å². The van der Waals surface area contributed by atoms with Crippen LogP contribution in [0.3, 0.4) is 0 Å². The summed E-state index contributed by atoms with van der Waals surface area (Å²) in [5.41, 5.74) is 5.07. The van der Waals surface area contributed by atoms with Crippen molar-refractivity contribution in [3.63, 3.8) is 0 Å². The number of benzene rings is 1. The van der Waals surface area contributed by atoms with Gasteiger partial charge in [0.25, 0.3) is 11.8 Å². The van der Waals surface area contributed by atoms with E-state index >= 15 is 0 Å². The van der Waals surface area contributed by atoms with E-state index in [4.69, 9.17) is 9.47 Å². The molecular weight excluding hydrogens is 374 g/mol. The van der Waals surface area contributed by atoms with Crippen LogP contribution in [0.4, 0.5) is 5.82 Å². The van der Waals surface area contributed by atoms with Crippen LogP contribution in [0.1, 0.15) is 41.1 Å². The predicted octanol–water partition coefficient (Wildman–Crippen LogP) is 2.05. The Kier molecular flexibility index (Phi) is 7.76. The van der Waals surface area contributed by atoms with Crippen LogP contribution in [0.2, 0.25) is 0 Å². The van der Waals surface area contributed by atoms with E-state index in [-0.39, 0.29) is 5.69 Å². The number of carbonyl (C=O) groups is 2. The maximum absolute atomic E-state index is 12.3. The number of anilines is 1. The highest BCUT2D eigenvalue weighted by molar-refractivity contribution is 5.98. The molecule has 9 nitrogen and oxygen atoms in total. The first-order chi connectivity index (χ1) is 13.8. The summed E-state index contributed by atoms with van der Waals surface area (Å²) in [6.07, 6.45) is 0.913. The van der Waals surface area contributed by atoms with Crippen LogP contribution in [-0.2, 0) is 0 Å². The largest absolute Gasteiger partial charge is 0.493 e. The second kappa shape index (κ2) is 10.3. The maximum Gasteiger partial charge on any atom is 0.290 e. The van der Waals surface area contributed by atoms with E-state index in [2.05, 4.69) is 34.9 Å². The van der Waals surface area contributed by atoms with Crippen molar-refractivity contribution in [2.24, 2.45) is 5.92 Å². The number of hydrogen-bond donors (Lipinski definition) is 2. The number of ether oxygens (including phenoxy) is 2. The molecule has 1 aromatic heterocycles. The molecule has 0 aliphatic carbocycles. The lowest BCUT2D eigenvalue weighted by molar-refractivity contribution is 0.0843. The summed E-state index contributed by atoms with van der Waals surface area (Å²) in [5, 5.41) is 7.76. The SMILES string of the molecule is COc1cc(C(=O)NNC(=O)c2ccc(N(C)C)nn2)ccc1OCCC(C)C. The first kappa shape index (κ1) is 21.9. The van der Waals surface area contributed by atoms with Gasteiger partial charge in [-0.05, 0) is 42.7 Å². The van der Waals surface area contributed by atoms with Crippen LogP contribution in [0.15, 0.2) is 30.3 Å². The van der Waals surface area contributed by atoms with Gasteiger partial charge in [-0.3, -0.25) is 20.4 Å². The fraction of sp³-hybridized carbons (Fsp3) is 0.400. The van der Waals surface area contributed by atoms with E-state index in [1.165, 1.54) is 13.2 Å². The van der Waals surface area contributed by atoms with Crippen LogP contribution in [-0.4, -0.2) is 49.8 Å². The molecule has 0 spiro atoms. The lowest BCUT2D eigenvalue weighted by Gasteiger charge is -2.13. The first-order valence-corrected chi connectivity index (χ1v) is 9.24. The molecule has 0 unspecified atom stereocenters. The topological polar surface area (TPSA) is 106 Å². The minimum atomic E-state index is -0.572. The number of hydrazine groups is 1. The van der Waals surface area contributed by atoms with Crippen molar-refractivity contribution >= 4 is 17.6 Å². The zero-order chi connectivity index (χ0) is 21.4. The lowest BCUT2D eigenvalue weighted by atomic mass is 10.1. The Bertz CT molecular complexity index is 837. The standard InChI is InChI=1S/C20H27N5O4/c1-13(2)10-11-29-16-8-6-14(12-17(16)28-5)19(26)23-24-20(27)15-7-9-18(22-21-15)25(3)4/h6-9,12-13H,10-11H2,1-5H3,(H,23,26)(H,24,27). The third-order valence-electron chi connectivity index (χ3n) is 4.01. The van der Waals surface area contributed by atoms with Crippen molar-refractivity contribution in [1.29, 1.82) is 0 Å². The van der Waals surface area contributed by atoms with Crippen molar-refractivity contribution in [2.45, 2.75) is 20.3 Å². The molecule has 0 fully saturated rings. The number of nitrogens with zero attached hydrogens (tertiary/aromatic N) is 3. The van der Waals surface area contributed by atoms with Crippen molar-refractivity contribution in [3.05, 3.63) is 41.6 Å². The van der Waals surface area contributed by atoms with Gasteiger partial charge in [-0.1, -0.05) is 13.8 Å². The number of hydrogen-bond acceptors (Lipinski definition) is 7. The summed E-state index contributed by atoms with van der Waals surface area (Å²) in [5.74, 6) is 1.08. The number of nitrogens with one attached hydrogen (secondary N) is 2. The zero-order valence-electron chi connectivity index (χ0n) is 17.4. The molecule has 0 saturated heterocycles. The van der Waals surface area contributed by atoms with Crippen LogP contribution in [0.25, 0.3) is 0 Å². The van der Waals surface area contributed by atoms with E-state index in [0.717, 1.165) is 6.42 Å². The van der Waals surface area contributed by atoms with Crippen molar-refractivity contribution in [2.75, 3.05) is 32.7 Å². The van der Waals surface area contributed by atoms with E-state index in [1.807, 2.05) is 14.1 Å².